The molecule has 3 heterocycles. The minimum absolute atomic E-state index is 0.155. The number of methoxy groups -OCH3 is 3. The maximum Gasteiger partial charge on any atom is 0.251 e. The molecule has 0 unspecified atom stereocenters. The van der Waals surface area contributed by atoms with Gasteiger partial charge in [0.1, 0.15) is 5.69 Å². The van der Waals surface area contributed by atoms with Gasteiger partial charge in [-0.1, -0.05) is 6.07 Å². The summed E-state index contributed by atoms with van der Waals surface area (Å²) in [4.78, 5) is 26.6. The number of aromatic nitrogens is 3. The zero-order valence-corrected chi connectivity index (χ0v) is 18.6. The van der Waals surface area contributed by atoms with E-state index in [-0.39, 0.29) is 11.5 Å². The van der Waals surface area contributed by atoms with Crippen LogP contribution in [0.3, 0.4) is 0 Å². The third kappa shape index (κ3) is 4.75. The number of pyridine rings is 1. The normalized spacial score (nSPS) is 16.5. The summed E-state index contributed by atoms with van der Waals surface area (Å²) < 4.78 is 16.4. The Morgan fingerprint density at radius 2 is 1.88 bits per heavy atom. The zero-order chi connectivity index (χ0) is 22.5. The number of nitrogens with one attached hydrogen (secondary N) is 1. The Labute approximate surface area is 187 Å². The smallest absolute Gasteiger partial charge is 0.251 e. The number of likely N-dealkylation sites (tertiary alicyclic amines) is 1. The number of benzene rings is 1. The topological polar surface area (TPSA) is 89.6 Å². The van der Waals surface area contributed by atoms with E-state index in [4.69, 9.17) is 19.2 Å². The van der Waals surface area contributed by atoms with Crippen LogP contribution in [0.5, 0.6) is 17.2 Å². The Kier molecular flexibility index (Phi) is 6.70. The lowest BCUT2D eigenvalue weighted by Gasteiger charge is -2.32. The molecule has 1 aliphatic rings. The number of rotatable bonds is 7. The Hall–Kier alpha value is -3.39. The van der Waals surface area contributed by atoms with Crippen molar-refractivity contribution in [2.24, 2.45) is 0 Å². The van der Waals surface area contributed by atoms with Gasteiger partial charge in [0.2, 0.25) is 5.75 Å². The first-order valence-corrected chi connectivity index (χ1v) is 10.6. The molecule has 0 spiro atoms. The molecule has 1 aromatic carbocycles. The molecule has 0 radical (unpaired) electrons. The summed E-state index contributed by atoms with van der Waals surface area (Å²) in [7, 11) is 4.84. The van der Waals surface area contributed by atoms with Gasteiger partial charge in [0.05, 0.1) is 27.0 Å². The number of aromatic amines is 1. The van der Waals surface area contributed by atoms with Gasteiger partial charge in [-0.2, -0.15) is 0 Å². The lowest BCUT2D eigenvalue weighted by Crippen LogP contribution is -2.34. The van der Waals surface area contributed by atoms with Crippen molar-refractivity contribution in [1.82, 2.24) is 19.9 Å². The monoisotopic (exact) mass is 436 g/mol. The van der Waals surface area contributed by atoms with Crippen LogP contribution in [0.15, 0.2) is 47.4 Å². The number of nitrogens with zero attached hydrogens (tertiary/aromatic N) is 3. The predicted molar refractivity (Wildman–Crippen MR) is 121 cm³/mol. The number of ether oxygens (including phenoxy) is 3. The van der Waals surface area contributed by atoms with Gasteiger partial charge in [-0.05, 0) is 49.2 Å². The fourth-order valence-electron chi connectivity index (χ4n) is 4.24. The molecule has 0 bridgehead atoms. The van der Waals surface area contributed by atoms with Gasteiger partial charge >= 0.3 is 0 Å². The van der Waals surface area contributed by atoms with E-state index in [1.165, 1.54) is 0 Å². The van der Waals surface area contributed by atoms with Crippen molar-refractivity contribution in [2.75, 3.05) is 34.4 Å². The first-order chi connectivity index (χ1) is 15.6. The second-order valence-electron chi connectivity index (χ2n) is 7.84. The Balaban J connectivity index is 1.55. The van der Waals surface area contributed by atoms with Crippen LogP contribution in [-0.4, -0.2) is 54.3 Å². The largest absolute Gasteiger partial charge is 0.493 e. The van der Waals surface area contributed by atoms with Crippen LogP contribution < -0.4 is 19.8 Å². The molecule has 8 heteroatoms. The van der Waals surface area contributed by atoms with E-state index >= 15 is 0 Å². The lowest BCUT2D eigenvalue weighted by atomic mass is 9.94. The van der Waals surface area contributed by atoms with E-state index in [1.54, 1.807) is 33.6 Å². The van der Waals surface area contributed by atoms with Gasteiger partial charge in [0, 0.05) is 31.3 Å². The van der Waals surface area contributed by atoms with Crippen LogP contribution >= 0.6 is 0 Å². The van der Waals surface area contributed by atoms with E-state index < -0.39 is 0 Å². The SMILES string of the molecule is COc1cc(CN2CCC[C@@H](c3cc(=O)[nH]c(-c4ccccn4)n3)C2)cc(OC)c1OC. The number of hydrogen-bond donors (Lipinski definition) is 1. The van der Waals surface area contributed by atoms with Gasteiger partial charge in [0.15, 0.2) is 17.3 Å². The average molecular weight is 437 g/mol. The molecule has 0 amide bonds. The molecule has 3 aromatic rings. The van der Waals surface area contributed by atoms with Crippen LogP contribution in [-0.2, 0) is 6.54 Å². The third-order valence-electron chi connectivity index (χ3n) is 5.72. The minimum Gasteiger partial charge on any atom is -0.493 e. The van der Waals surface area contributed by atoms with Crippen molar-refractivity contribution in [3.05, 3.63) is 64.2 Å². The molecule has 1 fully saturated rings. The molecule has 32 heavy (non-hydrogen) atoms. The summed E-state index contributed by atoms with van der Waals surface area (Å²) in [6.45, 7) is 2.53. The molecule has 8 nitrogen and oxygen atoms in total. The summed E-state index contributed by atoms with van der Waals surface area (Å²) in [5.41, 5.74) is 2.39. The maximum absolute atomic E-state index is 12.3. The summed E-state index contributed by atoms with van der Waals surface area (Å²) in [5, 5.41) is 0. The minimum atomic E-state index is -0.155. The molecule has 1 saturated heterocycles. The van der Waals surface area contributed by atoms with E-state index in [9.17, 15) is 4.79 Å². The maximum atomic E-state index is 12.3. The van der Waals surface area contributed by atoms with Crippen LogP contribution in [0.2, 0.25) is 0 Å². The second kappa shape index (κ2) is 9.82. The van der Waals surface area contributed by atoms with Gasteiger partial charge in [0.25, 0.3) is 5.56 Å². The lowest BCUT2D eigenvalue weighted by molar-refractivity contribution is 0.198. The van der Waals surface area contributed by atoms with E-state index in [2.05, 4.69) is 14.9 Å². The number of piperidine rings is 1. The van der Waals surface area contributed by atoms with Gasteiger partial charge in [-0.15, -0.1) is 0 Å². The molecule has 1 atom stereocenters. The summed E-state index contributed by atoms with van der Waals surface area (Å²) >= 11 is 0. The zero-order valence-electron chi connectivity index (χ0n) is 18.6. The second-order valence-corrected chi connectivity index (χ2v) is 7.84. The van der Waals surface area contributed by atoms with Crippen LogP contribution in [0, 0.1) is 0 Å². The Morgan fingerprint density at radius 3 is 2.53 bits per heavy atom. The molecule has 0 aliphatic carbocycles. The molecule has 2 aromatic heterocycles. The Bertz CT molecular complexity index is 1090. The number of H-pyrrole nitrogens is 1. The van der Waals surface area contributed by atoms with Crippen molar-refractivity contribution >= 4 is 0 Å². The molecule has 168 valence electrons. The van der Waals surface area contributed by atoms with Crippen LogP contribution in [0.4, 0.5) is 0 Å². The van der Waals surface area contributed by atoms with Gasteiger partial charge < -0.3 is 19.2 Å². The highest BCUT2D eigenvalue weighted by Gasteiger charge is 2.24. The highest BCUT2D eigenvalue weighted by Crippen LogP contribution is 2.39. The van der Waals surface area contributed by atoms with Crippen molar-refractivity contribution in [2.45, 2.75) is 25.3 Å². The molecular weight excluding hydrogens is 408 g/mol. The molecular formula is C24H28N4O4. The highest BCUT2D eigenvalue weighted by molar-refractivity contribution is 5.54. The summed E-state index contributed by atoms with van der Waals surface area (Å²) in [6.07, 6.45) is 3.72. The first kappa shape index (κ1) is 21.8. The fraction of sp³-hybridized carbons (Fsp3) is 0.375. The molecule has 0 saturated carbocycles. The standard InChI is InChI=1S/C24H28N4O4/c1-30-20-11-16(12-21(31-2)23(20)32-3)14-28-10-6-7-17(15-28)19-13-22(29)27-24(26-19)18-8-4-5-9-25-18/h4-5,8-9,11-13,17H,6-7,10,14-15H2,1-3H3,(H,26,27,29)/t17-/m1/s1. The van der Waals surface area contributed by atoms with Gasteiger partial charge in [-0.3, -0.25) is 14.7 Å². The van der Waals surface area contributed by atoms with Gasteiger partial charge in [-0.25, -0.2) is 4.98 Å². The van der Waals surface area contributed by atoms with E-state index in [1.807, 2.05) is 30.3 Å². The molecule has 1 N–H and O–H groups in total. The summed E-state index contributed by atoms with van der Waals surface area (Å²) in [6, 6.07) is 11.1. The number of hydrogen-bond acceptors (Lipinski definition) is 7. The van der Waals surface area contributed by atoms with Crippen molar-refractivity contribution in [3.63, 3.8) is 0 Å². The first-order valence-electron chi connectivity index (χ1n) is 10.6. The third-order valence-corrected chi connectivity index (χ3v) is 5.72. The van der Waals surface area contributed by atoms with E-state index in [0.717, 1.165) is 43.7 Å². The van der Waals surface area contributed by atoms with Crippen molar-refractivity contribution in [1.29, 1.82) is 0 Å². The van der Waals surface area contributed by atoms with Crippen molar-refractivity contribution < 1.29 is 14.2 Å². The molecule has 1 aliphatic heterocycles. The van der Waals surface area contributed by atoms with E-state index in [0.29, 0.717) is 28.8 Å². The highest BCUT2D eigenvalue weighted by atomic mass is 16.5. The quantitative estimate of drug-likeness (QED) is 0.608. The van der Waals surface area contributed by atoms with Crippen LogP contribution in [0.1, 0.15) is 30.0 Å². The molecule has 4 rings (SSSR count). The summed E-state index contributed by atoms with van der Waals surface area (Å²) in [5.74, 6) is 2.56. The Morgan fingerprint density at radius 1 is 1.09 bits per heavy atom. The predicted octanol–water partition coefficient (Wildman–Crippen LogP) is 3.24. The average Bonchev–Trinajstić information content (AvgIpc) is 2.83. The fourth-order valence-corrected chi connectivity index (χ4v) is 4.24. The van der Waals surface area contributed by atoms with Crippen molar-refractivity contribution in [3.8, 4) is 28.8 Å². The van der Waals surface area contributed by atoms with Crippen LogP contribution in [0.25, 0.3) is 11.5 Å².